The van der Waals surface area contributed by atoms with E-state index in [-0.39, 0.29) is 17.4 Å². The molecule has 120 valence electrons. The molecule has 0 spiro atoms. The SMILES string of the molecule is O=C(CCc1ccc2c(c1)OCCO2)Nc1ccc(Cl)c(F)c1. The molecule has 2 aromatic rings. The van der Waals surface area contributed by atoms with Crippen molar-refractivity contribution < 1.29 is 18.7 Å². The van der Waals surface area contributed by atoms with Crippen molar-refractivity contribution in [2.24, 2.45) is 0 Å². The number of ether oxygens (including phenoxy) is 2. The van der Waals surface area contributed by atoms with E-state index in [4.69, 9.17) is 21.1 Å². The topological polar surface area (TPSA) is 47.6 Å². The van der Waals surface area contributed by atoms with Crippen molar-refractivity contribution in [3.63, 3.8) is 0 Å². The molecule has 0 aliphatic carbocycles. The Labute approximate surface area is 138 Å². The predicted molar refractivity (Wildman–Crippen MR) is 85.8 cm³/mol. The molecule has 0 saturated heterocycles. The molecule has 0 aromatic heterocycles. The molecule has 2 aromatic carbocycles. The third kappa shape index (κ3) is 3.93. The van der Waals surface area contributed by atoms with Gasteiger partial charge in [0.1, 0.15) is 19.0 Å². The molecule has 6 heteroatoms. The first-order valence-electron chi connectivity index (χ1n) is 7.25. The van der Waals surface area contributed by atoms with Gasteiger partial charge in [-0.2, -0.15) is 0 Å². The average Bonchev–Trinajstić information content (AvgIpc) is 2.56. The summed E-state index contributed by atoms with van der Waals surface area (Å²) in [5.74, 6) is 0.674. The van der Waals surface area contributed by atoms with E-state index in [1.807, 2.05) is 18.2 Å². The molecule has 0 radical (unpaired) electrons. The Hall–Kier alpha value is -2.27. The van der Waals surface area contributed by atoms with Gasteiger partial charge in [-0.3, -0.25) is 4.79 Å². The molecule has 0 bridgehead atoms. The summed E-state index contributed by atoms with van der Waals surface area (Å²) >= 11 is 5.61. The highest BCUT2D eigenvalue weighted by Gasteiger charge is 2.12. The number of benzene rings is 2. The highest BCUT2D eigenvalue weighted by molar-refractivity contribution is 6.30. The number of halogens is 2. The number of rotatable bonds is 4. The number of nitrogens with one attached hydrogen (secondary N) is 1. The summed E-state index contributed by atoms with van der Waals surface area (Å²) in [7, 11) is 0. The first-order chi connectivity index (χ1) is 11.1. The fraction of sp³-hybridized carbons (Fsp3) is 0.235. The molecule has 1 amide bonds. The Bertz CT molecular complexity index is 736. The summed E-state index contributed by atoms with van der Waals surface area (Å²) in [5, 5.41) is 2.68. The van der Waals surface area contributed by atoms with Crippen LogP contribution >= 0.6 is 11.6 Å². The number of hydrogen-bond donors (Lipinski definition) is 1. The summed E-state index contributed by atoms with van der Waals surface area (Å²) in [4.78, 5) is 11.9. The van der Waals surface area contributed by atoms with E-state index < -0.39 is 5.82 Å². The van der Waals surface area contributed by atoms with Crippen LogP contribution in [0.25, 0.3) is 0 Å². The number of fused-ring (bicyclic) bond motifs is 1. The van der Waals surface area contributed by atoms with Gasteiger partial charge in [-0.15, -0.1) is 0 Å². The fourth-order valence-electron chi connectivity index (χ4n) is 2.30. The van der Waals surface area contributed by atoms with Crippen molar-refractivity contribution in [3.8, 4) is 11.5 Å². The van der Waals surface area contributed by atoms with E-state index in [1.165, 1.54) is 12.1 Å². The van der Waals surface area contributed by atoms with Crippen LogP contribution in [0.3, 0.4) is 0 Å². The quantitative estimate of drug-likeness (QED) is 0.924. The highest BCUT2D eigenvalue weighted by atomic mass is 35.5. The van der Waals surface area contributed by atoms with Crippen molar-refractivity contribution in [2.45, 2.75) is 12.8 Å². The molecule has 1 N–H and O–H groups in total. The third-order valence-electron chi connectivity index (χ3n) is 3.45. The first kappa shape index (κ1) is 15.6. The Kier molecular flexibility index (Phi) is 4.67. The van der Waals surface area contributed by atoms with Gasteiger partial charge in [0.05, 0.1) is 5.02 Å². The molecule has 23 heavy (non-hydrogen) atoms. The van der Waals surface area contributed by atoms with Crippen molar-refractivity contribution >= 4 is 23.2 Å². The highest BCUT2D eigenvalue weighted by Crippen LogP contribution is 2.31. The van der Waals surface area contributed by atoms with Crippen LogP contribution < -0.4 is 14.8 Å². The van der Waals surface area contributed by atoms with Gasteiger partial charge in [-0.25, -0.2) is 4.39 Å². The van der Waals surface area contributed by atoms with Gasteiger partial charge in [0.2, 0.25) is 5.91 Å². The zero-order chi connectivity index (χ0) is 16.2. The Balaban J connectivity index is 1.57. The average molecular weight is 336 g/mol. The van der Waals surface area contributed by atoms with Crippen molar-refractivity contribution in [1.82, 2.24) is 0 Å². The van der Waals surface area contributed by atoms with Gasteiger partial charge in [-0.05, 0) is 42.3 Å². The maximum atomic E-state index is 13.3. The van der Waals surface area contributed by atoms with Gasteiger partial charge in [0.25, 0.3) is 0 Å². The van der Waals surface area contributed by atoms with Crippen LogP contribution in [-0.4, -0.2) is 19.1 Å². The summed E-state index contributed by atoms with van der Waals surface area (Å²) in [6.07, 6.45) is 0.836. The minimum Gasteiger partial charge on any atom is -0.486 e. The molecule has 0 atom stereocenters. The predicted octanol–water partition coefficient (Wildman–Crippen LogP) is 3.82. The molecular formula is C17H15ClFNO3. The lowest BCUT2D eigenvalue weighted by Gasteiger charge is -2.18. The van der Waals surface area contributed by atoms with E-state index in [0.29, 0.717) is 31.1 Å². The lowest BCUT2D eigenvalue weighted by atomic mass is 10.1. The van der Waals surface area contributed by atoms with Gasteiger partial charge in [-0.1, -0.05) is 17.7 Å². The van der Waals surface area contributed by atoms with E-state index >= 15 is 0 Å². The molecule has 0 fully saturated rings. The molecule has 1 heterocycles. The number of aryl methyl sites for hydroxylation is 1. The second-order valence-electron chi connectivity index (χ2n) is 5.16. The van der Waals surface area contributed by atoms with Crippen LogP contribution in [0.15, 0.2) is 36.4 Å². The summed E-state index contributed by atoms with van der Waals surface area (Å²) in [6, 6.07) is 9.80. The summed E-state index contributed by atoms with van der Waals surface area (Å²) in [6.45, 7) is 1.07. The largest absolute Gasteiger partial charge is 0.486 e. The molecule has 1 aliphatic rings. The maximum absolute atomic E-state index is 13.3. The van der Waals surface area contributed by atoms with Gasteiger partial charge >= 0.3 is 0 Å². The molecule has 4 nitrogen and oxygen atoms in total. The standard InChI is InChI=1S/C17H15ClFNO3/c18-13-4-3-12(10-14(13)19)20-17(21)6-2-11-1-5-15-16(9-11)23-8-7-22-15/h1,3-5,9-10H,2,6-8H2,(H,20,21). The second kappa shape index (κ2) is 6.87. The number of amides is 1. The van der Waals surface area contributed by atoms with Crippen LogP contribution in [0.5, 0.6) is 11.5 Å². The summed E-state index contributed by atoms with van der Waals surface area (Å²) < 4.78 is 24.3. The van der Waals surface area contributed by atoms with E-state index in [0.717, 1.165) is 11.3 Å². The third-order valence-corrected chi connectivity index (χ3v) is 3.76. The minimum absolute atomic E-state index is 0.0271. The normalized spacial score (nSPS) is 12.8. The van der Waals surface area contributed by atoms with Crippen LogP contribution in [0, 0.1) is 5.82 Å². The molecular weight excluding hydrogens is 321 g/mol. The van der Waals surface area contributed by atoms with Gasteiger partial charge in [0, 0.05) is 12.1 Å². The van der Waals surface area contributed by atoms with Crippen molar-refractivity contribution in [1.29, 1.82) is 0 Å². The zero-order valence-electron chi connectivity index (χ0n) is 12.3. The molecule has 3 rings (SSSR count). The number of hydrogen-bond acceptors (Lipinski definition) is 3. The van der Waals surface area contributed by atoms with Crippen molar-refractivity contribution in [3.05, 3.63) is 52.8 Å². The molecule has 0 unspecified atom stereocenters. The van der Waals surface area contributed by atoms with Crippen LogP contribution in [0.2, 0.25) is 5.02 Å². The number of carbonyl (C=O) groups excluding carboxylic acids is 1. The molecule has 1 aliphatic heterocycles. The van der Waals surface area contributed by atoms with Crippen LogP contribution in [0.4, 0.5) is 10.1 Å². The minimum atomic E-state index is -0.559. The zero-order valence-corrected chi connectivity index (χ0v) is 13.0. The van der Waals surface area contributed by atoms with E-state index in [2.05, 4.69) is 5.32 Å². The number of carbonyl (C=O) groups is 1. The first-order valence-corrected chi connectivity index (χ1v) is 7.63. The van der Waals surface area contributed by atoms with Gasteiger partial charge < -0.3 is 14.8 Å². The maximum Gasteiger partial charge on any atom is 0.224 e. The van der Waals surface area contributed by atoms with Crippen molar-refractivity contribution in [2.75, 3.05) is 18.5 Å². The smallest absolute Gasteiger partial charge is 0.224 e. The van der Waals surface area contributed by atoms with E-state index in [9.17, 15) is 9.18 Å². The van der Waals surface area contributed by atoms with Crippen LogP contribution in [-0.2, 0) is 11.2 Å². The van der Waals surface area contributed by atoms with E-state index in [1.54, 1.807) is 6.07 Å². The lowest BCUT2D eigenvalue weighted by molar-refractivity contribution is -0.116. The molecule has 0 saturated carbocycles. The Morgan fingerprint density at radius 2 is 1.91 bits per heavy atom. The number of anilines is 1. The Morgan fingerprint density at radius 3 is 2.70 bits per heavy atom. The van der Waals surface area contributed by atoms with Crippen LogP contribution in [0.1, 0.15) is 12.0 Å². The lowest BCUT2D eigenvalue weighted by Crippen LogP contribution is -2.15. The summed E-state index contributed by atoms with van der Waals surface area (Å²) in [5.41, 5.74) is 1.37. The monoisotopic (exact) mass is 335 g/mol. The fourth-order valence-corrected chi connectivity index (χ4v) is 2.42. The second-order valence-corrected chi connectivity index (χ2v) is 5.56. The Morgan fingerprint density at radius 1 is 1.13 bits per heavy atom. The van der Waals surface area contributed by atoms with Gasteiger partial charge in [0.15, 0.2) is 11.5 Å².